The predicted molar refractivity (Wildman–Crippen MR) is 110 cm³/mol. The summed E-state index contributed by atoms with van der Waals surface area (Å²) in [6, 6.07) is 18.4. The Kier molecular flexibility index (Phi) is 6.41. The highest BCUT2D eigenvalue weighted by Gasteiger charge is 2.26. The SMILES string of the molecule is Cl.Clc1ccc(C2=NOC(CN3CCN(c4ccccc4)CC3)C2)cc1. The van der Waals surface area contributed by atoms with Gasteiger partial charge in [-0.15, -0.1) is 12.4 Å². The molecule has 1 fully saturated rings. The monoisotopic (exact) mass is 391 g/mol. The van der Waals surface area contributed by atoms with Gasteiger partial charge in [0.15, 0.2) is 0 Å². The smallest absolute Gasteiger partial charge is 0.145 e. The first-order valence-corrected chi connectivity index (χ1v) is 9.17. The Labute approximate surface area is 165 Å². The Morgan fingerprint density at radius 3 is 2.35 bits per heavy atom. The fourth-order valence-electron chi connectivity index (χ4n) is 3.45. The summed E-state index contributed by atoms with van der Waals surface area (Å²) in [6.07, 6.45) is 1.01. The third-order valence-corrected chi connectivity index (χ3v) is 5.12. The van der Waals surface area contributed by atoms with Crippen LogP contribution in [-0.2, 0) is 4.84 Å². The van der Waals surface area contributed by atoms with Gasteiger partial charge in [0.2, 0.25) is 0 Å². The zero-order chi connectivity index (χ0) is 17.1. The number of piperazine rings is 1. The Morgan fingerprint density at radius 1 is 0.962 bits per heavy atom. The van der Waals surface area contributed by atoms with Gasteiger partial charge in [-0.2, -0.15) is 0 Å². The average molecular weight is 392 g/mol. The maximum Gasteiger partial charge on any atom is 0.145 e. The van der Waals surface area contributed by atoms with E-state index in [0.717, 1.165) is 55.4 Å². The van der Waals surface area contributed by atoms with E-state index in [2.05, 4.69) is 45.3 Å². The lowest BCUT2D eigenvalue weighted by atomic mass is 10.0. The highest BCUT2D eigenvalue weighted by molar-refractivity contribution is 6.30. The molecule has 138 valence electrons. The molecule has 1 atom stereocenters. The summed E-state index contributed by atoms with van der Waals surface area (Å²) in [5.41, 5.74) is 3.43. The lowest BCUT2D eigenvalue weighted by Crippen LogP contribution is -2.48. The maximum atomic E-state index is 5.95. The topological polar surface area (TPSA) is 28.1 Å². The number of hydrogen-bond acceptors (Lipinski definition) is 4. The number of anilines is 1. The van der Waals surface area contributed by atoms with Crippen molar-refractivity contribution in [2.45, 2.75) is 12.5 Å². The molecule has 0 spiro atoms. The quantitative estimate of drug-likeness (QED) is 0.785. The number of para-hydroxylation sites is 1. The van der Waals surface area contributed by atoms with Gasteiger partial charge in [0, 0.05) is 49.9 Å². The van der Waals surface area contributed by atoms with E-state index in [1.165, 1.54) is 5.69 Å². The Bertz CT molecular complexity index is 728. The van der Waals surface area contributed by atoms with Crippen LogP contribution in [0.4, 0.5) is 5.69 Å². The summed E-state index contributed by atoms with van der Waals surface area (Å²) in [5, 5.41) is 5.03. The highest BCUT2D eigenvalue weighted by atomic mass is 35.5. The Balaban J connectivity index is 0.00000196. The first-order valence-electron chi connectivity index (χ1n) is 8.79. The zero-order valence-electron chi connectivity index (χ0n) is 14.6. The van der Waals surface area contributed by atoms with Crippen LogP contribution in [0.2, 0.25) is 5.02 Å². The molecule has 0 aliphatic carbocycles. The summed E-state index contributed by atoms with van der Waals surface area (Å²) in [7, 11) is 0. The molecule has 4 rings (SSSR count). The molecule has 0 radical (unpaired) electrons. The molecule has 2 heterocycles. The lowest BCUT2D eigenvalue weighted by Gasteiger charge is -2.36. The number of halogens is 2. The molecule has 1 unspecified atom stereocenters. The molecule has 4 nitrogen and oxygen atoms in total. The highest BCUT2D eigenvalue weighted by Crippen LogP contribution is 2.21. The van der Waals surface area contributed by atoms with Gasteiger partial charge in [-0.05, 0) is 29.8 Å². The van der Waals surface area contributed by atoms with Gasteiger partial charge in [0.25, 0.3) is 0 Å². The van der Waals surface area contributed by atoms with E-state index >= 15 is 0 Å². The number of hydrogen-bond donors (Lipinski definition) is 0. The number of oxime groups is 1. The molecule has 0 aromatic heterocycles. The second-order valence-corrected chi connectivity index (χ2v) is 7.04. The van der Waals surface area contributed by atoms with E-state index in [0.29, 0.717) is 0 Å². The van der Waals surface area contributed by atoms with Gasteiger partial charge in [-0.3, -0.25) is 4.90 Å². The van der Waals surface area contributed by atoms with Crippen LogP contribution in [0.1, 0.15) is 12.0 Å². The summed E-state index contributed by atoms with van der Waals surface area (Å²) < 4.78 is 0. The first-order chi connectivity index (χ1) is 12.3. The molecule has 2 aromatic carbocycles. The maximum absolute atomic E-state index is 5.95. The summed E-state index contributed by atoms with van der Waals surface area (Å²) in [4.78, 5) is 10.6. The minimum Gasteiger partial charge on any atom is -0.390 e. The third-order valence-electron chi connectivity index (χ3n) is 4.87. The minimum atomic E-state index is 0. The fourth-order valence-corrected chi connectivity index (χ4v) is 3.58. The van der Waals surface area contributed by atoms with Crippen LogP contribution >= 0.6 is 24.0 Å². The Hall–Kier alpha value is -1.75. The molecule has 1 saturated heterocycles. The van der Waals surface area contributed by atoms with Gasteiger partial charge in [0.05, 0.1) is 5.71 Å². The van der Waals surface area contributed by atoms with Gasteiger partial charge >= 0.3 is 0 Å². The van der Waals surface area contributed by atoms with E-state index in [1.54, 1.807) is 0 Å². The van der Waals surface area contributed by atoms with Crippen LogP contribution in [0.25, 0.3) is 0 Å². The van der Waals surface area contributed by atoms with E-state index in [-0.39, 0.29) is 18.5 Å². The van der Waals surface area contributed by atoms with Crippen molar-refractivity contribution in [1.82, 2.24) is 4.90 Å². The summed E-state index contributed by atoms with van der Waals surface area (Å²) in [5.74, 6) is 0. The van der Waals surface area contributed by atoms with Crippen molar-refractivity contribution in [2.24, 2.45) is 5.16 Å². The van der Waals surface area contributed by atoms with Gasteiger partial charge in [-0.25, -0.2) is 0 Å². The molecule has 26 heavy (non-hydrogen) atoms. The number of benzene rings is 2. The molecule has 2 aliphatic rings. The molecule has 2 aliphatic heterocycles. The molecular formula is C20H23Cl2N3O. The van der Waals surface area contributed by atoms with Gasteiger partial charge in [-0.1, -0.05) is 47.1 Å². The van der Waals surface area contributed by atoms with Crippen LogP contribution in [0.15, 0.2) is 59.8 Å². The van der Waals surface area contributed by atoms with Crippen LogP contribution in [0.3, 0.4) is 0 Å². The number of nitrogens with zero attached hydrogens (tertiary/aromatic N) is 3. The van der Waals surface area contributed by atoms with Crippen LogP contribution in [0, 0.1) is 0 Å². The standard InChI is InChI=1S/C20H22ClN3O.ClH/c21-17-8-6-16(7-9-17)20-14-19(25-22-20)15-23-10-12-24(13-11-23)18-4-2-1-3-5-18;/h1-9,19H,10-15H2;1H. The van der Waals surface area contributed by atoms with E-state index in [9.17, 15) is 0 Å². The van der Waals surface area contributed by atoms with Crippen molar-refractivity contribution < 1.29 is 4.84 Å². The largest absolute Gasteiger partial charge is 0.390 e. The third kappa shape index (κ3) is 4.50. The molecule has 2 aromatic rings. The second kappa shape index (κ2) is 8.76. The van der Waals surface area contributed by atoms with Crippen molar-refractivity contribution in [1.29, 1.82) is 0 Å². The normalized spacial score (nSPS) is 20.3. The van der Waals surface area contributed by atoms with Crippen LogP contribution in [-0.4, -0.2) is 49.4 Å². The van der Waals surface area contributed by atoms with Crippen molar-refractivity contribution >= 4 is 35.4 Å². The first kappa shape index (κ1) is 19.0. The zero-order valence-corrected chi connectivity index (χ0v) is 16.1. The molecular weight excluding hydrogens is 369 g/mol. The van der Waals surface area contributed by atoms with Crippen LogP contribution < -0.4 is 4.90 Å². The number of rotatable bonds is 4. The molecule has 0 amide bonds. The van der Waals surface area contributed by atoms with Crippen molar-refractivity contribution in [3.05, 3.63) is 65.2 Å². The molecule has 0 N–H and O–H groups in total. The molecule has 0 saturated carbocycles. The average Bonchev–Trinajstić information content (AvgIpc) is 3.12. The van der Waals surface area contributed by atoms with Gasteiger partial charge in [0.1, 0.15) is 6.10 Å². The molecule has 6 heteroatoms. The van der Waals surface area contributed by atoms with Crippen LogP contribution in [0.5, 0.6) is 0 Å². The van der Waals surface area contributed by atoms with Crippen molar-refractivity contribution in [3.8, 4) is 0 Å². The van der Waals surface area contributed by atoms with E-state index in [1.807, 2.05) is 24.3 Å². The fraction of sp³-hybridized carbons (Fsp3) is 0.350. The lowest BCUT2D eigenvalue weighted by molar-refractivity contribution is 0.0510. The predicted octanol–water partition coefficient (Wildman–Crippen LogP) is 4.08. The van der Waals surface area contributed by atoms with E-state index < -0.39 is 0 Å². The van der Waals surface area contributed by atoms with Crippen molar-refractivity contribution in [2.75, 3.05) is 37.6 Å². The summed E-state index contributed by atoms with van der Waals surface area (Å²) in [6.45, 7) is 5.17. The van der Waals surface area contributed by atoms with Gasteiger partial charge < -0.3 is 9.74 Å². The van der Waals surface area contributed by atoms with E-state index in [4.69, 9.17) is 16.4 Å². The molecule has 0 bridgehead atoms. The van der Waals surface area contributed by atoms with Crippen molar-refractivity contribution in [3.63, 3.8) is 0 Å². The second-order valence-electron chi connectivity index (χ2n) is 6.60. The Morgan fingerprint density at radius 2 is 1.65 bits per heavy atom. The minimum absolute atomic E-state index is 0. The summed E-state index contributed by atoms with van der Waals surface area (Å²) >= 11 is 5.95.